The number of aryl methyl sites for hydroxylation is 2. The van der Waals surface area contributed by atoms with Crippen LogP contribution in [0.4, 0.5) is 0 Å². The molecule has 10 nitrogen and oxygen atoms in total. The lowest BCUT2D eigenvalue weighted by Gasteiger charge is -2.40. The Balaban J connectivity index is 1.07. The van der Waals surface area contributed by atoms with E-state index in [9.17, 15) is 13.2 Å². The van der Waals surface area contributed by atoms with Crippen LogP contribution in [0.15, 0.2) is 69.7 Å². The molecule has 1 unspecified atom stereocenters. The van der Waals surface area contributed by atoms with E-state index in [1.807, 2.05) is 23.2 Å². The summed E-state index contributed by atoms with van der Waals surface area (Å²) in [6, 6.07) is 17.2. The van der Waals surface area contributed by atoms with E-state index in [4.69, 9.17) is 26.5 Å². The van der Waals surface area contributed by atoms with Gasteiger partial charge in [0.2, 0.25) is 5.91 Å². The average molecular weight is 716 g/mol. The molecule has 6 rings (SSSR count). The third-order valence-corrected chi connectivity index (χ3v) is 9.91. The summed E-state index contributed by atoms with van der Waals surface area (Å²) in [7, 11) is -4.15. The Bertz CT molecular complexity index is 1620. The highest BCUT2D eigenvalue weighted by Crippen LogP contribution is 2.38. The molecule has 1 aliphatic carbocycles. The molecule has 2 fully saturated rings. The number of aromatic nitrogens is 1. The lowest BCUT2D eigenvalue weighted by molar-refractivity contribution is -0.134. The van der Waals surface area contributed by atoms with Crippen LogP contribution in [0.2, 0.25) is 5.02 Å². The molecule has 0 radical (unpaired) electrons. The highest BCUT2D eigenvalue weighted by atomic mass is 79.9. The van der Waals surface area contributed by atoms with Crippen molar-refractivity contribution in [3.8, 4) is 5.75 Å². The predicted molar refractivity (Wildman–Crippen MR) is 177 cm³/mol. The topological polar surface area (TPSA) is 121 Å². The van der Waals surface area contributed by atoms with Crippen LogP contribution in [0.5, 0.6) is 5.75 Å². The molecule has 13 heteroatoms. The Hall–Kier alpha value is -3.03. The van der Waals surface area contributed by atoms with Gasteiger partial charge in [-0.05, 0) is 94.6 Å². The number of hydrogen-bond donors (Lipinski definition) is 1. The van der Waals surface area contributed by atoms with Crippen LogP contribution < -0.4 is 9.88 Å². The van der Waals surface area contributed by atoms with E-state index in [1.165, 1.54) is 16.7 Å². The Kier molecular flexibility index (Phi) is 9.76. The quantitative estimate of drug-likeness (QED) is 0.304. The number of pyridine rings is 1. The van der Waals surface area contributed by atoms with Gasteiger partial charge in [-0.25, -0.2) is 5.14 Å². The SMILES string of the molecule is NS(=O)(=O)/N=C(\Oc1ccccc1)N1CCC(CC(=O)N2CCN(C3c4ccc(Cl)cc4CCc4cc(Br)cnc43)CC2)CC1. The summed E-state index contributed by atoms with van der Waals surface area (Å²) >= 11 is 9.98. The van der Waals surface area contributed by atoms with Crippen molar-refractivity contribution in [1.29, 1.82) is 0 Å². The monoisotopic (exact) mass is 714 g/mol. The van der Waals surface area contributed by atoms with Crippen LogP contribution in [0, 0.1) is 5.92 Å². The molecule has 2 aliphatic heterocycles. The summed E-state index contributed by atoms with van der Waals surface area (Å²) < 4.78 is 34.0. The number of rotatable bonds is 5. The van der Waals surface area contributed by atoms with E-state index < -0.39 is 10.2 Å². The van der Waals surface area contributed by atoms with Crippen molar-refractivity contribution in [2.24, 2.45) is 15.5 Å². The average Bonchev–Trinajstić information content (AvgIpc) is 3.17. The fourth-order valence-electron chi connectivity index (χ4n) is 6.56. The van der Waals surface area contributed by atoms with E-state index >= 15 is 0 Å². The number of amidine groups is 1. The van der Waals surface area contributed by atoms with Crippen molar-refractivity contribution in [2.45, 2.75) is 38.1 Å². The number of carbonyl (C=O) groups is 1. The zero-order valence-electron chi connectivity index (χ0n) is 24.8. The number of fused-ring (bicyclic) bond motifs is 2. The van der Waals surface area contributed by atoms with Crippen molar-refractivity contribution >= 4 is 49.7 Å². The van der Waals surface area contributed by atoms with Gasteiger partial charge in [-0.15, -0.1) is 0 Å². The van der Waals surface area contributed by atoms with E-state index in [-0.39, 0.29) is 23.9 Å². The van der Waals surface area contributed by atoms with Crippen LogP contribution >= 0.6 is 27.5 Å². The lowest BCUT2D eigenvalue weighted by Crippen LogP contribution is -2.50. The number of nitrogens with two attached hydrogens (primary N) is 1. The molecule has 0 bridgehead atoms. The van der Waals surface area contributed by atoms with Gasteiger partial charge in [-0.2, -0.15) is 8.42 Å². The molecule has 1 atom stereocenters. The predicted octanol–water partition coefficient (Wildman–Crippen LogP) is 4.57. The van der Waals surface area contributed by atoms with Gasteiger partial charge >= 0.3 is 16.2 Å². The summed E-state index contributed by atoms with van der Waals surface area (Å²) in [6.07, 6.45) is 5.56. The highest BCUT2D eigenvalue weighted by Gasteiger charge is 2.34. The number of amides is 1. The molecule has 1 aromatic heterocycles. The second-order valence-electron chi connectivity index (χ2n) is 11.8. The smallest absolute Gasteiger partial charge is 0.321 e. The molecule has 2 aromatic carbocycles. The Labute approximate surface area is 277 Å². The second kappa shape index (κ2) is 13.8. The van der Waals surface area contributed by atoms with Gasteiger partial charge in [-0.1, -0.05) is 40.3 Å². The van der Waals surface area contributed by atoms with Crippen LogP contribution in [-0.4, -0.2) is 79.3 Å². The number of piperazine rings is 1. The van der Waals surface area contributed by atoms with Crippen molar-refractivity contribution in [2.75, 3.05) is 39.3 Å². The molecule has 0 spiro atoms. The third-order valence-electron chi connectivity index (χ3n) is 8.83. The van der Waals surface area contributed by atoms with Crippen LogP contribution in [0.25, 0.3) is 0 Å². The van der Waals surface area contributed by atoms with E-state index in [0.717, 1.165) is 41.1 Å². The molecule has 2 N–H and O–H groups in total. The first-order chi connectivity index (χ1) is 21.6. The third kappa shape index (κ3) is 7.86. The number of para-hydroxylation sites is 1. The maximum absolute atomic E-state index is 13.4. The summed E-state index contributed by atoms with van der Waals surface area (Å²) in [5.41, 5.74) is 4.80. The van der Waals surface area contributed by atoms with Gasteiger partial charge in [0.1, 0.15) is 5.75 Å². The minimum absolute atomic E-state index is 0.00995. The van der Waals surface area contributed by atoms with Crippen molar-refractivity contribution in [3.63, 3.8) is 0 Å². The number of benzene rings is 2. The van der Waals surface area contributed by atoms with Crippen molar-refractivity contribution in [1.82, 2.24) is 19.7 Å². The Morgan fingerprint density at radius 2 is 1.69 bits per heavy atom. The molecule has 3 aliphatic rings. The van der Waals surface area contributed by atoms with Gasteiger partial charge < -0.3 is 14.5 Å². The molecule has 45 heavy (non-hydrogen) atoms. The molecular weight excluding hydrogens is 680 g/mol. The van der Waals surface area contributed by atoms with Gasteiger partial charge in [0.05, 0.1) is 11.7 Å². The molecule has 1 amide bonds. The standard InChI is InChI=1S/C32H36BrClN6O4S/c33-25-19-24-7-6-23-20-26(34)8-9-28(23)31(30(24)36-21-25)39-16-14-38(15-17-39)29(41)18-22-10-12-40(13-11-22)32(37-45(35,42)43)44-27-4-2-1-3-5-27/h1-5,8-9,19-22,31H,6-7,10-18H2,(H2,35,42,43)/b37-32-. The molecule has 2 saturated heterocycles. The highest BCUT2D eigenvalue weighted by molar-refractivity contribution is 9.10. The normalized spacial score (nSPS) is 19.9. The number of nitrogens with zero attached hydrogens (tertiary/aromatic N) is 5. The number of halogens is 2. The van der Waals surface area contributed by atoms with Gasteiger partial charge in [0, 0.05) is 61.4 Å². The Morgan fingerprint density at radius 1 is 0.978 bits per heavy atom. The summed E-state index contributed by atoms with van der Waals surface area (Å²) in [5.74, 6) is 0.814. The molecule has 3 aromatic rings. The first kappa shape index (κ1) is 31.9. The maximum Gasteiger partial charge on any atom is 0.321 e. The van der Waals surface area contributed by atoms with E-state index in [1.54, 1.807) is 29.2 Å². The van der Waals surface area contributed by atoms with Crippen LogP contribution in [-0.2, 0) is 27.8 Å². The van der Waals surface area contributed by atoms with Gasteiger partial charge in [0.15, 0.2) is 0 Å². The van der Waals surface area contributed by atoms with E-state index in [0.29, 0.717) is 51.2 Å². The van der Waals surface area contributed by atoms with Crippen LogP contribution in [0.1, 0.15) is 47.7 Å². The first-order valence-electron chi connectivity index (χ1n) is 15.2. The summed E-state index contributed by atoms with van der Waals surface area (Å²) in [4.78, 5) is 24.5. The van der Waals surface area contributed by atoms with E-state index in [2.05, 4.69) is 43.4 Å². The van der Waals surface area contributed by atoms with Crippen LogP contribution in [0.3, 0.4) is 0 Å². The zero-order valence-corrected chi connectivity index (χ0v) is 28.0. The Morgan fingerprint density at radius 3 is 2.40 bits per heavy atom. The molecule has 238 valence electrons. The number of hydrogen-bond acceptors (Lipinski definition) is 6. The number of piperidine rings is 1. The van der Waals surface area contributed by atoms with Gasteiger partial charge in [-0.3, -0.25) is 14.7 Å². The fourth-order valence-corrected chi connectivity index (χ4v) is 7.50. The fraction of sp³-hybridized carbons (Fsp3) is 0.406. The minimum Gasteiger partial charge on any atom is -0.425 e. The lowest BCUT2D eigenvalue weighted by atomic mass is 9.93. The first-order valence-corrected chi connectivity index (χ1v) is 17.9. The second-order valence-corrected chi connectivity index (χ2v) is 14.4. The van der Waals surface area contributed by atoms with Crippen molar-refractivity contribution in [3.05, 3.63) is 92.7 Å². The largest absolute Gasteiger partial charge is 0.425 e. The number of carbonyl (C=O) groups excluding carboxylic acids is 1. The summed E-state index contributed by atoms with van der Waals surface area (Å²) in [6.45, 7) is 3.83. The number of likely N-dealkylation sites (tertiary alicyclic amines) is 1. The maximum atomic E-state index is 13.4. The zero-order chi connectivity index (χ0) is 31.6. The molecule has 0 saturated carbocycles. The minimum atomic E-state index is -4.15. The molecule has 3 heterocycles. The summed E-state index contributed by atoms with van der Waals surface area (Å²) in [5, 5.41) is 5.95. The molecular formula is C32H36BrClN6O4S. The van der Waals surface area contributed by atoms with Crippen molar-refractivity contribution < 1.29 is 17.9 Å². The van der Waals surface area contributed by atoms with Gasteiger partial charge in [0.25, 0.3) is 0 Å². The number of ether oxygens (including phenoxy) is 1.